The third kappa shape index (κ3) is 6.16. The number of thioether (sulfide) groups is 1. The minimum absolute atomic E-state index is 0.103. The maximum Gasteiger partial charge on any atom is 0.446 e. The normalized spacial score (nSPS) is 13.8. The molecule has 1 aromatic carbocycles. The molecule has 0 heterocycles. The Labute approximate surface area is 114 Å². The predicted octanol–water partition coefficient (Wildman–Crippen LogP) is 4.02. The van der Waals surface area contributed by atoms with E-state index in [4.69, 9.17) is 5.26 Å². The summed E-state index contributed by atoms with van der Waals surface area (Å²) in [7, 11) is 0. The molecule has 1 atom stereocenters. The standard InChI is InChI=1S/C11H8F6N2S/c12-10(13,14)6-19-9(5-18)7-1-3-8(4-2-7)20-11(15,16)17/h1-4,9,19H,6H2. The minimum Gasteiger partial charge on any atom is -0.290 e. The minimum atomic E-state index is -4.47. The highest BCUT2D eigenvalue weighted by Crippen LogP contribution is 2.37. The number of nitrogens with zero attached hydrogens (tertiary/aromatic N) is 1. The molecule has 0 bridgehead atoms. The van der Waals surface area contributed by atoms with Crippen molar-refractivity contribution >= 4 is 11.8 Å². The van der Waals surface area contributed by atoms with Crippen LogP contribution in [0.1, 0.15) is 11.6 Å². The van der Waals surface area contributed by atoms with Gasteiger partial charge in [-0.25, -0.2) is 0 Å². The van der Waals surface area contributed by atoms with Crippen molar-refractivity contribution in [1.82, 2.24) is 5.32 Å². The van der Waals surface area contributed by atoms with Gasteiger partial charge >= 0.3 is 11.7 Å². The Morgan fingerprint density at radius 1 is 1.10 bits per heavy atom. The highest BCUT2D eigenvalue weighted by atomic mass is 32.2. The van der Waals surface area contributed by atoms with E-state index in [0.717, 1.165) is 12.1 Å². The Morgan fingerprint density at radius 3 is 2.05 bits per heavy atom. The van der Waals surface area contributed by atoms with Gasteiger partial charge in [-0.2, -0.15) is 31.6 Å². The number of hydrogen-bond donors (Lipinski definition) is 1. The second-order valence-electron chi connectivity index (χ2n) is 3.68. The van der Waals surface area contributed by atoms with E-state index in [0.29, 0.717) is 0 Å². The molecule has 0 fully saturated rings. The molecule has 2 nitrogen and oxygen atoms in total. The summed E-state index contributed by atoms with van der Waals surface area (Å²) in [6, 6.07) is 4.96. The third-order valence-corrected chi connectivity index (χ3v) is 2.82. The zero-order valence-corrected chi connectivity index (χ0v) is 10.5. The zero-order chi connectivity index (χ0) is 15.4. The highest BCUT2D eigenvalue weighted by molar-refractivity contribution is 8.00. The van der Waals surface area contributed by atoms with E-state index < -0.39 is 24.3 Å². The van der Waals surface area contributed by atoms with Crippen LogP contribution < -0.4 is 5.32 Å². The molecule has 0 radical (unpaired) electrons. The maximum absolute atomic E-state index is 12.1. The number of nitrogens with one attached hydrogen (secondary N) is 1. The van der Waals surface area contributed by atoms with Crippen LogP contribution in [0.25, 0.3) is 0 Å². The van der Waals surface area contributed by atoms with Crippen LogP contribution in [-0.2, 0) is 0 Å². The molecule has 0 aliphatic carbocycles. The van der Waals surface area contributed by atoms with Crippen molar-refractivity contribution in [1.29, 1.82) is 5.26 Å². The number of hydrogen-bond acceptors (Lipinski definition) is 3. The quantitative estimate of drug-likeness (QED) is 0.673. The van der Waals surface area contributed by atoms with Crippen LogP contribution >= 0.6 is 11.8 Å². The Balaban J connectivity index is 2.73. The van der Waals surface area contributed by atoms with Gasteiger partial charge in [-0.3, -0.25) is 5.32 Å². The molecular formula is C11H8F6N2S. The molecule has 0 aromatic heterocycles. The van der Waals surface area contributed by atoms with Gasteiger partial charge in [-0.05, 0) is 29.5 Å². The maximum atomic E-state index is 12.1. The molecule has 110 valence electrons. The van der Waals surface area contributed by atoms with Gasteiger partial charge in [0.1, 0.15) is 6.04 Å². The lowest BCUT2D eigenvalue weighted by Gasteiger charge is -2.14. The third-order valence-electron chi connectivity index (χ3n) is 2.08. The number of rotatable bonds is 4. The van der Waals surface area contributed by atoms with Crippen molar-refractivity contribution in [3.63, 3.8) is 0 Å². The molecule has 1 aromatic rings. The van der Waals surface area contributed by atoms with Crippen molar-refractivity contribution in [2.75, 3.05) is 6.54 Å². The van der Waals surface area contributed by atoms with Gasteiger partial charge in [0.05, 0.1) is 12.6 Å². The molecule has 0 spiro atoms. The second kappa shape index (κ2) is 6.37. The Kier molecular flexibility index (Phi) is 5.30. The summed E-state index contributed by atoms with van der Waals surface area (Å²) < 4.78 is 72.3. The number of nitriles is 1. The van der Waals surface area contributed by atoms with Gasteiger partial charge < -0.3 is 0 Å². The molecule has 0 amide bonds. The lowest BCUT2D eigenvalue weighted by atomic mass is 10.1. The van der Waals surface area contributed by atoms with Crippen LogP contribution in [0.15, 0.2) is 29.2 Å². The lowest BCUT2D eigenvalue weighted by molar-refractivity contribution is -0.125. The summed E-state index contributed by atoms with van der Waals surface area (Å²) in [5.74, 6) is 0. The first-order chi connectivity index (χ1) is 9.11. The average molecular weight is 314 g/mol. The van der Waals surface area contributed by atoms with Crippen molar-refractivity contribution < 1.29 is 26.3 Å². The molecular weight excluding hydrogens is 306 g/mol. The first-order valence-corrected chi connectivity index (χ1v) is 5.98. The van der Waals surface area contributed by atoms with Crippen molar-refractivity contribution in [2.45, 2.75) is 22.6 Å². The fourth-order valence-electron chi connectivity index (χ4n) is 1.32. The number of alkyl halides is 6. The van der Waals surface area contributed by atoms with Crippen LogP contribution in [0.4, 0.5) is 26.3 Å². The molecule has 0 aliphatic rings. The molecule has 1 unspecified atom stereocenters. The van der Waals surface area contributed by atoms with Crippen molar-refractivity contribution in [3.05, 3.63) is 29.8 Å². The van der Waals surface area contributed by atoms with E-state index in [-0.39, 0.29) is 22.2 Å². The molecule has 1 rings (SSSR count). The van der Waals surface area contributed by atoms with E-state index >= 15 is 0 Å². The van der Waals surface area contributed by atoms with Crippen molar-refractivity contribution in [2.24, 2.45) is 0 Å². The van der Waals surface area contributed by atoms with Crippen LogP contribution in [0.5, 0.6) is 0 Å². The summed E-state index contributed by atoms with van der Waals surface area (Å²) in [6.45, 7) is -1.36. The first-order valence-electron chi connectivity index (χ1n) is 5.16. The van der Waals surface area contributed by atoms with Crippen molar-refractivity contribution in [3.8, 4) is 6.07 Å². The summed E-state index contributed by atoms with van der Waals surface area (Å²) in [5, 5.41) is 10.7. The van der Waals surface area contributed by atoms with E-state index in [2.05, 4.69) is 0 Å². The number of benzene rings is 1. The fraction of sp³-hybridized carbons (Fsp3) is 0.364. The highest BCUT2D eigenvalue weighted by Gasteiger charge is 2.30. The Hall–Kier alpha value is -1.40. The van der Waals surface area contributed by atoms with Gasteiger partial charge in [0.2, 0.25) is 0 Å². The zero-order valence-electron chi connectivity index (χ0n) is 9.72. The van der Waals surface area contributed by atoms with Gasteiger partial charge in [0.25, 0.3) is 0 Å². The first kappa shape index (κ1) is 16.7. The molecule has 9 heteroatoms. The molecule has 20 heavy (non-hydrogen) atoms. The Bertz CT molecular complexity index is 474. The van der Waals surface area contributed by atoms with E-state index in [1.165, 1.54) is 12.1 Å². The molecule has 0 saturated carbocycles. The molecule has 1 N–H and O–H groups in total. The largest absolute Gasteiger partial charge is 0.446 e. The molecule has 0 aliphatic heterocycles. The van der Waals surface area contributed by atoms with Gasteiger partial charge in [-0.1, -0.05) is 12.1 Å². The second-order valence-corrected chi connectivity index (χ2v) is 4.81. The summed E-state index contributed by atoms with van der Waals surface area (Å²) in [5.41, 5.74) is -4.27. The monoisotopic (exact) mass is 314 g/mol. The predicted molar refractivity (Wildman–Crippen MR) is 60.8 cm³/mol. The van der Waals surface area contributed by atoms with E-state index in [1.54, 1.807) is 6.07 Å². The molecule has 0 saturated heterocycles. The van der Waals surface area contributed by atoms with Gasteiger partial charge in [0.15, 0.2) is 0 Å². The van der Waals surface area contributed by atoms with Crippen LogP contribution in [-0.4, -0.2) is 18.2 Å². The SMILES string of the molecule is N#CC(NCC(F)(F)F)c1ccc(SC(F)(F)F)cc1. The average Bonchev–Trinajstić information content (AvgIpc) is 2.28. The van der Waals surface area contributed by atoms with Crippen LogP contribution in [0.2, 0.25) is 0 Å². The fourth-order valence-corrected chi connectivity index (χ4v) is 1.86. The number of halogens is 6. The van der Waals surface area contributed by atoms with E-state index in [9.17, 15) is 26.3 Å². The summed E-state index contributed by atoms with van der Waals surface area (Å²) >= 11 is -0.337. The smallest absolute Gasteiger partial charge is 0.290 e. The van der Waals surface area contributed by atoms with Gasteiger partial charge in [-0.15, -0.1) is 0 Å². The van der Waals surface area contributed by atoms with E-state index in [1.807, 2.05) is 5.32 Å². The van der Waals surface area contributed by atoms with Crippen LogP contribution in [0, 0.1) is 11.3 Å². The summed E-state index contributed by atoms with van der Waals surface area (Å²) in [4.78, 5) is -0.103. The topological polar surface area (TPSA) is 35.8 Å². The Morgan fingerprint density at radius 2 is 1.65 bits per heavy atom. The lowest BCUT2D eigenvalue weighted by Crippen LogP contribution is -2.31. The summed E-state index contributed by atoms with van der Waals surface area (Å²) in [6.07, 6.45) is -4.47. The van der Waals surface area contributed by atoms with Gasteiger partial charge in [0, 0.05) is 4.90 Å². The van der Waals surface area contributed by atoms with Crippen LogP contribution in [0.3, 0.4) is 0 Å².